The van der Waals surface area contributed by atoms with Crippen LogP contribution in [0.3, 0.4) is 0 Å². The van der Waals surface area contributed by atoms with Gasteiger partial charge in [-0.15, -0.1) is 11.3 Å². The summed E-state index contributed by atoms with van der Waals surface area (Å²) in [6.07, 6.45) is 1.67. The van der Waals surface area contributed by atoms with Crippen LogP contribution in [0.15, 0.2) is 22.4 Å². The molecular weight excluding hydrogens is 306 g/mol. The fraction of sp³-hybridized carbons (Fsp3) is 0.182. The van der Waals surface area contributed by atoms with Gasteiger partial charge in [-0.25, -0.2) is 4.79 Å². The van der Waals surface area contributed by atoms with Crippen molar-refractivity contribution in [1.29, 1.82) is 0 Å². The second-order valence-electron chi connectivity index (χ2n) is 3.60. The van der Waals surface area contributed by atoms with E-state index in [2.05, 4.69) is 0 Å². The molecule has 1 saturated heterocycles. The summed E-state index contributed by atoms with van der Waals surface area (Å²) in [5.41, 5.74) is 0. The summed E-state index contributed by atoms with van der Waals surface area (Å²) in [6, 6.07) is 2.37. The predicted octanol–water partition coefficient (Wildman–Crippen LogP) is 1.39. The molecule has 0 spiro atoms. The maximum Gasteiger partial charge on any atom is 0.329 e. The van der Waals surface area contributed by atoms with Crippen molar-refractivity contribution in [2.45, 2.75) is 6.04 Å². The molecule has 1 unspecified atom stereocenters. The Bertz CT molecular complexity index is 552. The first-order chi connectivity index (χ1) is 9.04. The van der Waals surface area contributed by atoms with Crippen LogP contribution in [0.4, 0.5) is 0 Å². The third-order valence-corrected chi connectivity index (χ3v) is 4.56. The lowest BCUT2D eigenvalue weighted by Crippen LogP contribution is -2.46. The number of aliphatic hydroxyl groups is 1. The number of carbonyl (C=O) groups excluding carboxylic acids is 1. The molecule has 19 heavy (non-hydrogen) atoms. The van der Waals surface area contributed by atoms with Crippen molar-refractivity contribution in [3.8, 4) is 0 Å². The number of carboxylic acids is 1. The molecule has 0 aromatic carbocycles. The molecule has 0 bridgehead atoms. The van der Waals surface area contributed by atoms with Crippen LogP contribution in [0.2, 0.25) is 0 Å². The van der Waals surface area contributed by atoms with E-state index in [9.17, 15) is 9.59 Å². The molecule has 100 valence electrons. The Morgan fingerprint density at radius 2 is 2.32 bits per heavy atom. The number of thioether (sulfide) groups is 1. The van der Waals surface area contributed by atoms with Gasteiger partial charge in [-0.1, -0.05) is 30.0 Å². The van der Waals surface area contributed by atoms with Crippen LogP contribution in [-0.4, -0.2) is 44.0 Å². The number of amides is 1. The van der Waals surface area contributed by atoms with Gasteiger partial charge in [0, 0.05) is 4.88 Å². The van der Waals surface area contributed by atoms with Gasteiger partial charge >= 0.3 is 5.97 Å². The minimum atomic E-state index is -1.33. The lowest BCUT2D eigenvalue weighted by molar-refractivity contribution is -0.146. The Morgan fingerprint density at radius 3 is 2.84 bits per heavy atom. The largest absolute Gasteiger partial charge is 0.480 e. The first kappa shape index (κ1) is 14.2. The van der Waals surface area contributed by atoms with Crippen molar-refractivity contribution >= 4 is 57.6 Å². The molecule has 1 aliphatic rings. The summed E-state index contributed by atoms with van der Waals surface area (Å²) in [6.45, 7) is -0.673. The molecule has 1 aliphatic heterocycles. The third kappa shape index (κ3) is 2.86. The number of nitrogens with zero attached hydrogens (tertiary/aromatic N) is 1. The van der Waals surface area contributed by atoms with E-state index in [4.69, 9.17) is 22.4 Å². The van der Waals surface area contributed by atoms with E-state index in [1.165, 1.54) is 11.3 Å². The quantitative estimate of drug-likeness (QED) is 0.646. The highest BCUT2D eigenvalue weighted by molar-refractivity contribution is 8.26. The zero-order valence-corrected chi connectivity index (χ0v) is 11.9. The number of carboxylic acid groups (broad SMARTS) is 1. The van der Waals surface area contributed by atoms with Crippen LogP contribution >= 0.6 is 35.3 Å². The predicted molar refractivity (Wildman–Crippen MR) is 77.8 cm³/mol. The highest BCUT2D eigenvalue weighted by Crippen LogP contribution is 2.34. The van der Waals surface area contributed by atoms with Crippen molar-refractivity contribution in [3.63, 3.8) is 0 Å². The second-order valence-corrected chi connectivity index (χ2v) is 6.26. The normalized spacial score (nSPS) is 19.2. The SMILES string of the molecule is O=C(O)C(CO)N1C(=O)/C(=C\c2cccs2)SC1=S. The summed E-state index contributed by atoms with van der Waals surface area (Å²) in [7, 11) is 0. The number of rotatable bonds is 4. The molecule has 2 rings (SSSR count). The molecule has 5 nitrogen and oxygen atoms in total. The molecule has 1 atom stereocenters. The minimum Gasteiger partial charge on any atom is -0.480 e. The molecule has 1 amide bonds. The standard InChI is InChI=1S/C11H9NO4S3/c13-5-7(10(15)16)12-9(14)8(19-11(12)17)4-6-2-1-3-18-6/h1-4,7,13H,5H2,(H,15,16)/b8-4+. The van der Waals surface area contributed by atoms with Crippen molar-refractivity contribution in [1.82, 2.24) is 4.90 Å². The number of thiophene rings is 1. The number of aliphatic hydroxyl groups excluding tert-OH is 1. The van der Waals surface area contributed by atoms with Gasteiger partial charge in [0.15, 0.2) is 6.04 Å². The van der Waals surface area contributed by atoms with E-state index < -0.39 is 24.5 Å². The zero-order chi connectivity index (χ0) is 14.0. The van der Waals surface area contributed by atoms with Crippen LogP contribution in [0.25, 0.3) is 6.08 Å². The number of hydrogen-bond acceptors (Lipinski definition) is 6. The monoisotopic (exact) mass is 315 g/mol. The maximum absolute atomic E-state index is 12.1. The van der Waals surface area contributed by atoms with Crippen molar-refractivity contribution in [2.75, 3.05) is 6.61 Å². The Morgan fingerprint density at radius 1 is 1.58 bits per heavy atom. The summed E-state index contributed by atoms with van der Waals surface area (Å²) >= 11 is 7.52. The fourth-order valence-electron chi connectivity index (χ4n) is 1.52. The summed E-state index contributed by atoms with van der Waals surface area (Å²) in [4.78, 5) is 25.3. The van der Waals surface area contributed by atoms with Gasteiger partial charge in [0.2, 0.25) is 0 Å². The number of carbonyl (C=O) groups is 2. The summed E-state index contributed by atoms with van der Waals surface area (Å²) < 4.78 is 0.147. The molecule has 2 N–H and O–H groups in total. The van der Waals surface area contributed by atoms with Crippen LogP contribution < -0.4 is 0 Å². The van der Waals surface area contributed by atoms with Crippen LogP contribution in [0.1, 0.15) is 4.88 Å². The smallest absolute Gasteiger partial charge is 0.329 e. The Hall–Kier alpha value is -1.22. The molecule has 1 fully saturated rings. The van der Waals surface area contributed by atoms with Gasteiger partial charge in [-0.2, -0.15) is 0 Å². The summed E-state index contributed by atoms with van der Waals surface area (Å²) in [5, 5.41) is 19.9. The van der Waals surface area contributed by atoms with Gasteiger partial charge in [0.25, 0.3) is 5.91 Å². The van der Waals surface area contributed by atoms with E-state index in [1.807, 2.05) is 17.5 Å². The first-order valence-electron chi connectivity index (χ1n) is 5.19. The Labute approximate surface area is 122 Å². The summed E-state index contributed by atoms with van der Waals surface area (Å²) in [5.74, 6) is -1.76. The average Bonchev–Trinajstić information content (AvgIpc) is 2.94. The number of hydrogen-bond donors (Lipinski definition) is 2. The molecule has 0 saturated carbocycles. The maximum atomic E-state index is 12.1. The highest BCUT2D eigenvalue weighted by Gasteiger charge is 2.40. The third-order valence-electron chi connectivity index (χ3n) is 2.41. The van der Waals surface area contributed by atoms with E-state index in [1.54, 1.807) is 6.08 Å². The number of thiocarbonyl (C=S) groups is 1. The van der Waals surface area contributed by atoms with Crippen LogP contribution in [0.5, 0.6) is 0 Å². The topological polar surface area (TPSA) is 77.8 Å². The Kier molecular flexibility index (Phi) is 4.35. The van der Waals surface area contributed by atoms with Gasteiger partial charge in [-0.05, 0) is 17.5 Å². The van der Waals surface area contributed by atoms with Crippen LogP contribution in [0, 0.1) is 0 Å². The second kappa shape index (κ2) is 5.83. The van der Waals surface area contributed by atoms with Gasteiger partial charge in [-0.3, -0.25) is 9.69 Å². The Balaban J connectivity index is 2.28. The van der Waals surface area contributed by atoms with Crippen molar-refractivity contribution in [3.05, 3.63) is 27.3 Å². The molecular formula is C11H9NO4S3. The average molecular weight is 315 g/mol. The van der Waals surface area contributed by atoms with Gasteiger partial charge < -0.3 is 10.2 Å². The number of aliphatic carboxylic acids is 1. The van der Waals surface area contributed by atoms with Crippen molar-refractivity contribution in [2.24, 2.45) is 0 Å². The van der Waals surface area contributed by atoms with Crippen molar-refractivity contribution < 1.29 is 19.8 Å². The van der Waals surface area contributed by atoms with E-state index in [0.29, 0.717) is 4.91 Å². The minimum absolute atomic E-state index is 0.147. The molecule has 1 aromatic rings. The molecule has 1 aromatic heterocycles. The highest BCUT2D eigenvalue weighted by atomic mass is 32.2. The molecule has 0 aliphatic carbocycles. The molecule has 2 heterocycles. The fourth-order valence-corrected chi connectivity index (χ4v) is 3.60. The molecule has 8 heteroatoms. The zero-order valence-electron chi connectivity index (χ0n) is 9.48. The molecule has 0 radical (unpaired) electrons. The van der Waals surface area contributed by atoms with Crippen LogP contribution in [-0.2, 0) is 9.59 Å². The first-order valence-corrected chi connectivity index (χ1v) is 7.29. The lowest BCUT2D eigenvalue weighted by atomic mass is 10.2. The van der Waals surface area contributed by atoms with Gasteiger partial charge in [0.1, 0.15) is 4.32 Å². The lowest BCUT2D eigenvalue weighted by Gasteiger charge is -2.20. The van der Waals surface area contributed by atoms with Gasteiger partial charge in [0.05, 0.1) is 11.5 Å². The van der Waals surface area contributed by atoms with E-state index in [-0.39, 0.29) is 4.32 Å². The van der Waals surface area contributed by atoms with E-state index >= 15 is 0 Å². The van der Waals surface area contributed by atoms with E-state index in [0.717, 1.165) is 21.5 Å².